The van der Waals surface area contributed by atoms with Gasteiger partial charge in [-0.15, -0.1) is 0 Å². The summed E-state index contributed by atoms with van der Waals surface area (Å²) in [5, 5.41) is 5.69. The van der Waals surface area contributed by atoms with E-state index in [1.54, 1.807) is 12.1 Å². The van der Waals surface area contributed by atoms with Crippen LogP contribution < -0.4 is 20.1 Å². The van der Waals surface area contributed by atoms with E-state index < -0.39 is 12.2 Å². The highest BCUT2D eigenvalue weighted by atomic mass is 16.6. The predicted octanol–water partition coefficient (Wildman–Crippen LogP) is 3.05. The summed E-state index contributed by atoms with van der Waals surface area (Å²) in [5.41, 5.74) is 1.57. The lowest BCUT2D eigenvalue weighted by Crippen LogP contribution is -2.49. The molecule has 2 N–H and O–H groups in total. The summed E-state index contributed by atoms with van der Waals surface area (Å²) in [4.78, 5) is 23.9. The van der Waals surface area contributed by atoms with Crippen LogP contribution in [-0.4, -0.2) is 24.0 Å². The quantitative estimate of drug-likeness (QED) is 0.885. The van der Waals surface area contributed by atoms with Crippen molar-refractivity contribution in [2.45, 2.75) is 39.0 Å². The highest BCUT2D eigenvalue weighted by Gasteiger charge is 2.34. The summed E-state index contributed by atoms with van der Waals surface area (Å²) in [7, 11) is 0. The highest BCUT2D eigenvalue weighted by molar-refractivity contribution is 5.88. The van der Waals surface area contributed by atoms with Crippen LogP contribution in [0.25, 0.3) is 0 Å². The van der Waals surface area contributed by atoms with Gasteiger partial charge in [0, 0.05) is 12.6 Å². The summed E-state index contributed by atoms with van der Waals surface area (Å²) >= 11 is 0. The van der Waals surface area contributed by atoms with Gasteiger partial charge in [-0.2, -0.15) is 0 Å². The van der Waals surface area contributed by atoms with E-state index in [2.05, 4.69) is 10.6 Å². The molecule has 2 amide bonds. The van der Waals surface area contributed by atoms with Crippen molar-refractivity contribution in [3.63, 3.8) is 0 Å². The maximum atomic E-state index is 12.7. The third-order valence-electron chi connectivity index (χ3n) is 4.17. The lowest BCUT2D eigenvalue weighted by molar-refractivity contribution is -0.134. The van der Waals surface area contributed by atoms with Crippen LogP contribution in [0, 0.1) is 0 Å². The molecule has 136 valence electrons. The first-order valence-electron chi connectivity index (χ1n) is 8.54. The third kappa shape index (κ3) is 3.96. The number of benzene rings is 2. The topological polar surface area (TPSA) is 76.7 Å². The van der Waals surface area contributed by atoms with E-state index in [-0.39, 0.29) is 17.9 Å². The fraction of sp³-hybridized carbons (Fsp3) is 0.300. The molecular weight excluding hydrogens is 332 g/mol. The molecule has 1 aliphatic rings. The van der Waals surface area contributed by atoms with E-state index in [4.69, 9.17) is 9.47 Å². The molecule has 0 fully saturated rings. The highest BCUT2D eigenvalue weighted by Crippen LogP contribution is 2.33. The largest absolute Gasteiger partial charge is 0.482 e. The lowest BCUT2D eigenvalue weighted by Gasteiger charge is -2.31. The van der Waals surface area contributed by atoms with E-state index >= 15 is 0 Å². The Kier molecular flexibility index (Phi) is 5.11. The summed E-state index contributed by atoms with van der Waals surface area (Å²) in [6.45, 7) is 5.15. The first kappa shape index (κ1) is 17.8. The van der Waals surface area contributed by atoms with Crippen molar-refractivity contribution in [1.29, 1.82) is 0 Å². The van der Waals surface area contributed by atoms with Crippen molar-refractivity contribution in [3.05, 3.63) is 54.1 Å². The third-order valence-corrected chi connectivity index (χ3v) is 4.17. The standard InChI is InChI=1S/C20H22N2O4/c1-12(15-7-6-8-16(11-15)22-14(3)23)21-20(24)19-13(2)25-17-9-4-5-10-18(17)26-19/h4-13,19H,1-3H3,(H,21,24)(H,22,23). The maximum absolute atomic E-state index is 12.7. The SMILES string of the molecule is CC(=O)Nc1cccc(C(C)NC(=O)C2Oc3ccccc3OC2C)c1. The number of fused-ring (bicyclic) bond motifs is 1. The molecule has 6 nitrogen and oxygen atoms in total. The van der Waals surface area contributed by atoms with Crippen LogP contribution in [0.1, 0.15) is 32.4 Å². The average molecular weight is 354 g/mol. The van der Waals surface area contributed by atoms with E-state index in [0.29, 0.717) is 17.2 Å². The molecule has 3 unspecified atom stereocenters. The molecule has 0 saturated heterocycles. The second-order valence-corrected chi connectivity index (χ2v) is 6.35. The molecule has 1 aliphatic heterocycles. The molecule has 0 radical (unpaired) electrons. The lowest BCUT2D eigenvalue weighted by atomic mass is 10.1. The minimum atomic E-state index is -0.731. The van der Waals surface area contributed by atoms with Gasteiger partial charge < -0.3 is 20.1 Å². The number of nitrogens with one attached hydrogen (secondary N) is 2. The number of anilines is 1. The number of rotatable bonds is 4. The van der Waals surface area contributed by atoms with Crippen molar-refractivity contribution in [3.8, 4) is 11.5 Å². The number of hydrogen-bond donors (Lipinski definition) is 2. The van der Waals surface area contributed by atoms with Crippen LogP contribution >= 0.6 is 0 Å². The Bertz CT molecular complexity index is 821. The van der Waals surface area contributed by atoms with Crippen molar-refractivity contribution in [1.82, 2.24) is 5.32 Å². The minimum Gasteiger partial charge on any atom is -0.482 e. The van der Waals surface area contributed by atoms with Gasteiger partial charge in [0.15, 0.2) is 11.5 Å². The molecule has 0 bridgehead atoms. The molecule has 3 atom stereocenters. The Morgan fingerprint density at radius 3 is 2.42 bits per heavy atom. The molecule has 26 heavy (non-hydrogen) atoms. The smallest absolute Gasteiger partial charge is 0.265 e. The van der Waals surface area contributed by atoms with Crippen LogP contribution in [-0.2, 0) is 9.59 Å². The number of amides is 2. The zero-order valence-electron chi connectivity index (χ0n) is 15.0. The monoisotopic (exact) mass is 354 g/mol. The summed E-state index contributed by atoms with van der Waals surface area (Å²) in [5.74, 6) is 0.815. The minimum absolute atomic E-state index is 0.140. The van der Waals surface area contributed by atoms with E-state index in [1.807, 2.05) is 50.2 Å². The van der Waals surface area contributed by atoms with Crippen molar-refractivity contribution in [2.24, 2.45) is 0 Å². The molecular formula is C20H22N2O4. The van der Waals surface area contributed by atoms with Gasteiger partial charge in [0.2, 0.25) is 12.0 Å². The summed E-state index contributed by atoms with van der Waals surface area (Å²) in [6.07, 6.45) is -1.13. The number of ether oxygens (including phenoxy) is 2. The van der Waals surface area contributed by atoms with Crippen LogP contribution in [0.4, 0.5) is 5.69 Å². The Morgan fingerprint density at radius 2 is 1.73 bits per heavy atom. The fourth-order valence-corrected chi connectivity index (χ4v) is 2.87. The van der Waals surface area contributed by atoms with Crippen LogP contribution in [0.3, 0.4) is 0 Å². The molecule has 1 heterocycles. The van der Waals surface area contributed by atoms with Gasteiger partial charge in [-0.25, -0.2) is 0 Å². The van der Waals surface area contributed by atoms with Gasteiger partial charge in [0.05, 0.1) is 6.04 Å². The zero-order chi connectivity index (χ0) is 18.7. The fourth-order valence-electron chi connectivity index (χ4n) is 2.87. The van der Waals surface area contributed by atoms with Gasteiger partial charge in [0.25, 0.3) is 5.91 Å². The second-order valence-electron chi connectivity index (χ2n) is 6.35. The van der Waals surface area contributed by atoms with Gasteiger partial charge in [-0.1, -0.05) is 24.3 Å². The Morgan fingerprint density at radius 1 is 1.04 bits per heavy atom. The first-order valence-corrected chi connectivity index (χ1v) is 8.54. The molecule has 6 heteroatoms. The van der Waals surface area contributed by atoms with Crippen LogP contribution in [0.15, 0.2) is 48.5 Å². The van der Waals surface area contributed by atoms with Gasteiger partial charge >= 0.3 is 0 Å². The van der Waals surface area contributed by atoms with Crippen LogP contribution in [0.2, 0.25) is 0 Å². The molecule has 0 aromatic heterocycles. The zero-order valence-corrected chi connectivity index (χ0v) is 15.0. The summed E-state index contributed by atoms with van der Waals surface area (Å²) < 4.78 is 11.6. The Labute approximate surface area is 152 Å². The average Bonchev–Trinajstić information content (AvgIpc) is 2.60. The molecule has 3 rings (SSSR count). The van der Waals surface area contributed by atoms with E-state index in [9.17, 15) is 9.59 Å². The van der Waals surface area contributed by atoms with Gasteiger partial charge in [-0.05, 0) is 43.7 Å². The Hall–Kier alpha value is -3.02. The van der Waals surface area contributed by atoms with Gasteiger partial charge in [-0.3, -0.25) is 9.59 Å². The van der Waals surface area contributed by atoms with Crippen LogP contribution in [0.5, 0.6) is 11.5 Å². The second kappa shape index (κ2) is 7.47. The molecule has 0 aliphatic carbocycles. The molecule has 0 saturated carbocycles. The normalized spacial score (nSPS) is 19.3. The molecule has 2 aromatic carbocycles. The van der Waals surface area contributed by atoms with Crippen molar-refractivity contribution < 1.29 is 19.1 Å². The van der Waals surface area contributed by atoms with Gasteiger partial charge in [0.1, 0.15) is 6.10 Å². The molecule has 2 aromatic rings. The van der Waals surface area contributed by atoms with E-state index in [0.717, 1.165) is 5.56 Å². The number of carbonyl (C=O) groups excluding carboxylic acids is 2. The number of para-hydroxylation sites is 2. The predicted molar refractivity (Wildman–Crippen MR) is 98.3 cm³/mol. The number of carbonyl (C=O) groups is 2. The summed E-state index contributed by atoms with van der Waals surface area (Å²) in [6, 6.07) is 14.4. The van der Waals surface area contributed by atoms with Crippen molar-refractivity contribution >= 4 is 17.5 Å². The first-order chi connectivity index (χ1) is 12.4. The Balaban J connectivity index is 1.69. The number of hydrogen-bond acceptors (Lipinski definition) is 4. The van der Waals surface area contributed by atoms with E-state index in [1.165, 1.54) is 6.92 Å². The molecule has 0 spiro atoms. The maximum Gasteiger partial charge on any atom is 0.265 e. The van der Waals surface area contributed by atoms with Crippen molar-refractivity contribution in [2.75, 3.05) is 5.32 Å².